The van der Waals surface area contributed by atoms with E-state index in [1.54, 1.807) is 54.3 Å². The summed E-state index contributed by atoms with van der Waals surface area (Å²) in [6, 6.07) is 12.1. The van der Waals surface area contributed by atoms with Crippen molar-refractivity contribution < 1.29 is 22.7 Å². The van der Waals surface area contributed by atoms with Gasteiger partial charge in [-0.05, 0) is 69.0 Å². The second-order valence-electron chi connectivity index (χ2n) is 8.30. The standard InChI is InChI=1S/C24H28N2O5S/c1-3-31-24(28)18-10-13-25(14-11-18)23(27)20-6-9-22-19(16-20)12-15-26(22)32(29,30)21-7-4-17(2)5-8-21/h4-9,16,18H,3,10-15H2,1-2H3. The number of amides is 1. The van der Waals surface area contributed by atoms with Crippen molar-refractivity contribution in [3.8, 4) is 0 Å². The molecule has 7 nitrogen and oxygen atoms in total. The zero-order valence-electron chi connectivity index (χ0n) is 18.4. The Balaban J connectivity index is 1.48. The lowest BCUT2D eigenvalue weighted by Gasteiger charge is -2.31. The van der Waals surface area contributed by atoms with Crippen molar-refractivity contribution in [3.63, 3.8) is 0 Å². The van der Waals surface area contributed by atoms with Crippen molar-refractivity contribution in [2.75, 3.05) is 30.5 Å². The molecule has 0 bridgehead atoms. The highest BCUT2D eigenvalue weighted by Gasteiger charge is 2.33. The molecule has 2 aromatic carbocycles. The molecule has 170 valence electrons. The van der Waals surface area contributed by atoms with Crippen LogP contribution in [0.15, 0.2) is 47.4 Å². The Morgan fingerprint density at radius 2 is 1.72 bits per heavy atom. The molecule has 0 unspecified atom stereocenters. The minimum Gasteiger partial charge on any atom is -0.466 e. The zero-order chi connectivity index (χ0) is 22.9. The fraction of sp³-hybridized carbons (Fsp3) is 0.417. The predicted octanol–water partition coefficient (Wildman–Crippen LogP) is 3.16. The third kappa shape index (κ3) is 4.24. The molecule has 0 atom stereocenters. The van der Waals surface area contributed by atoms with Crippen LogP contribution in [0, 0.1) is 12.8 Å². The molecule has 2 aliphatic heterocycles. The molecule has 0 aromatic heterocycles. The van der Waals surface area contributed by atoms with Crippen LogP contribution in [0.2, 0.25) is 0 Å². The van der Waals surface area contributed by atoms with Gasteiger partial charge in [0.1, 0.15) is 0 Å². The van der Waals surface area contributed by atoms with Crippen LogP contribution in [0.3, 0.4) is 0 Å². The van der Waals surface area contributed by atoms with Gasteiger partial charge in [0.25, 0.3) is 15.9 Å². The zero-order valence-corrected chi connectivity index (χ0v) is 19.2. The number of anilines is 1. The van der Waals surface area contributed by atoms with Crippen molar-refractivity contribution in [2.24, 2.45) is 5.92 Å². The average molecular weight is 457 g/mol. The van der Waals surface area contributed by atoms with Crippen molar-refractivity contribution in [3.05, 3.63) is 59.2 Å². The molecule has 8 heteroatoms. The highest BCUT2D eigenvalue weighted by atomic mass is 32.2. The minimum absolute atomic E-state index is 0.0880. The summed E-state index contributed by atoms with van der Waals surface area (Å²) in [6.45, 7) is 5.44. The molecule has 0 aliphatic carbocycles. The van der Waals surface area contributed by atoms with Gasteiger partial charge in [-0.25, -0.2) is 8.42 Å². The topological polar surface area (TPSA) is 84.0 Å². The van der Waals surface area contributed by atoms with E-state index in [0.29, 0.717) is 56.8 Å². The molecular weight excluding hydrogens is 428 g/mol. The molecule has 0 spiro atoms. The van der Waals surface area contributed by atoms with Gasteiger partial charge in [0.05, 0.1) is 23.1 Å². The van der Waals surface area contributed by atoms with E-state index in [2.05, 4.69) is 0 Å². The number of ether oxygens (including phenoxy) is 1. The Morgan fingerprint density at radius 3 is 2.38 bits per heavy atom. The van der Waals surface area contributed by atoms with E-state index in [9.17, 15) is 18.0 Å². The molecule has 0 radical (unpaired) electrons. The third-order valence-corrected chi connectivity index (χ3v) is 8.02. The average Bonchev–Trinajstić information content (AvgIpc) is 3.23. The van der Waals surface area contributed by atoms with Crippen LogP contribution < -0.4 is 4.31 Å². The number of piperidine rings is 1. The number of nitrogens with zero attached hydrogens (tertiary/aromatic N) is 2. The summed E-state index contributed by atoms with van der Waals surface area (Å²) in [5.74, 6) is -0.429. The van der Waals surface area contributed by atoms with Gasteiger partial charge in [-0.2, -0.15) is 0 Å². The molecule has 2 aromatic rings. The first-order valence-corrected chi connectivity index (χ1v) is 12.4. The second-order valence-corrected chi connectivity index (χ2v) is 10.2. The van der Waals surface area contributed by atoms with E-state index < -0.39 is 10.0 Å². The maximum Gasteiger partial charge on any atom is 0.309 e. The van der Waals surface area contributed by atoms with Gasteiger partial charge in [0.15, 0.2) is 0 Å². The van der Waals surface area contributed by atoms with Gasteiger partial charge in [-0.1, -0.05) is 17.7 Å². The number of sulfonamides is 1. The normalized spacial score (nSPS) is 16.7. The van der Waals surface area contributed by atoms with E-state index in [1.165, 1.54) is 4.31 Å². The third-order valence-electron chi connectivity index (χ3n) is 6.19. The molecular formula is C24H28N2O5S. The maximum atomic E-state index is 13.1. The first-order valence-electron chi connectivity index (χ1n) is 11.0. The molecule has 2 heterocycles. The summed E-state index contributed by atoms with van der Waals surface area (Å²) >= 11 is 0. The second kappa shape index (κ2) is 8.94. The van der Waals surface area contributed by atoms with Crippen LogP contribution in [0.5, 0.6) is 0 Å². The maximum absolute atomic E-state index is 13.1. The smallest absolute Gasteiger partial charge is 0.309 e. The highest BCUT2D eigenvalue weighted by molar-refractivity contribution is 7.92. The van der Waals surface area contributed by atoms with Gasteiger partial charge >= 0.3 is 5.97 Å². The summed E-state index contributed by atoms with van der Waals surface area (Å²) in [5.41, 5.74) is 3.03. The number of likely N-dealkylation sites (tertiary alicyclic amines) is 1. The molecule has 1 saturated heterocycles. The summed E-state index contributed by atoms with van der Waals surface area (Å²) in [4.78, 5) is 27.0. The van der Waals surface area contributed by atoms with E-state index in [0.717, 1.165) is 11.1 Å². The van der Waals surface area contributed by atoms with Crippen LogP contribution in [-0.4, -0.2) is 51.4 Å². The number of esters is 1. The first-order chi connectivity index (χ1) is 15.3. The van der Waals surface area contributed by atoms with E-state index in [1.807, 2.05) is 6.92 Å². The number of carbonyl (C=O) groups is 2. The summed E-state index contributed by atoms with van der Waals surface area (Å²) < 4.78 is 32.8. The molecule has 1 amide bonds. The SMILES string of the molecule is CCOC(=O)C1CCN(C(=O)c2ccc3c(c2)CCN3S(=O)(=O)c2ccc(C)cc2)CC1. The Hall–Kier alpha value is -2.87. The number of benzene rings is 2. The van der Waals surface area contributed by atoms with Crippen LogP contribution in [-0.2, 0) is 26.0 Å². The van der Waals surface area contributed by atoms with Gasteiger partial charge in [-0.15, -0.1) is 0 Å². The number of hydrogen-bond donors (Lipinski definition) is 0. The number of rotatable bonds is 5. The quantitative estimate of drug-likeness (QED) is 0.646. The van der Waals surface area contributed by atoms with Crippen LogP contribution in [0.4, 0.5) is 5.69 Å². The van der Waals surface area contributed by atoms with Gasteiger partial charge < -0.3 is 9.64 Å². The van der Waals surface area contributed by atoms with E-state index >= 15 is 0 Å². The van der Waals surface area contributed by atoms with Crippen LogP contribution >= 0.6 is 0 Å². The number of aryl methyl sites for hydroxylation is 1. The Labute approximate surface area is 189 Å². The lowest BCUT2D eigenvalue weighted by atomic mass is 9.96. The predicted molar refractivity (Wildman–Crippen MR) is 121 cm³/mol. The fourth-order valence-corrected chi connectivity index (χ4v) is 5.86. The summed E-state index contributed by atoms with van der Waals surface area (Å²) in [5, 5.41) is 0. The fourth-order valence-electron chi connectivity index (χ4n) is 4.35. The Morgan fingerprint density at radius 1 is 1.03 bits per heavy atom. The van der Waals surface area contributed by atoms with Crippen molar-refractivity contribution in [2.45, 2.75) is 38.0 Å². The van der Waals surface area contributed by atoms with Crippen LogP contribution in [0.25, 0.3) is 0 Å². The lowest BCUT2D eigenvalue weighted by Crippen LogP contribution is -2.40. The molecule has 0 saturated carbocycles. The van der Waals surface area contributed by atoms with E-state index in [4.69, 9.17) is 4.74 Å². The number of fused-ring (bicyclic) bond motifs is 1. The largest absolute Gasteiger partial charge is 0.466 e. The van der Waals surface area contributed by atoms with Gasteiger partial charge in [0, 0.05) is 25.2 Å². The highest BCUT2D eigenvalue weighted by Crippen LogP contribution is 2.34. The Bertz CT molecular complexity index is 1120. The van der Waals surface area contributed by atoms with Gasteiger partial charge in [0.2, 0.25) is 0 Å². The number of carbonyl (C=O) groups excluding carboxylic acids is 2. The van der Waals surface area contributed by atoms with E-state index in [-0.39, 0.29) is 22.7 Å². The number of hydrogen-bond acceptors (Lipinski definition) is 5. The summed E-state index contributed by atoms with van der Waals surface area (Å²) in [6.07, 6.45) is 1.75. The molecule has 1 fully saturated rings. The van der Waals surface area contributed by atoms with Crippen LogP contribution in [0.1, 0.15) is 41.3 Å². The van der Waals surface area contributed by atoms with Crippen molar-refractivity contribution >= 4 is 27.6 Å². The minimum atomic E-state index is -3.65. The Kier molecular flexibility index (Phi) is 6.24. The first kappa shape index (κ1) is 22.3. The monoisotopic (exact) mass is 456 g/mol. The van der Waals surface area contributed by atoms with Crippen molar-refractivity contribution in [1.29, 1.82) is 0 Å². The van der Waals surface area contributed by atoms with Gasteiger partial charge in [-0.3, -0.25) is 13.9 Å². The molecule has 0 N–H and O–H groups in total. The molecule has 2 aliphatic rings. The molecule has 4 rings (SSSR count). The summed E-state index contributed by atoms with van der Waals surface area (Å²) in [7, 11) is -3.65. The lowest BCUT2D eigenvalue weighted by molar-refractivity contribution is -0.149. The molecule has 32 heavy (non-hydrogen) atoms. The van der Waals surface area contributed by atoms with Crippen molar-refractivity contribution in [1.82, 2.24) is 4.90 Å².